The van der Waals surface area contributed by atoms with E-state index in [2.05, 4.69) is 19.2 Å². The average molecular weight is 318 g/mol. The van der Waals surface area contributed by atoms with Gasteiger partial charge in [0.25, 0.3) is 5.91 Å². The maximum atomic E-state index is 12.0. The number of benzene rings is 1. The van der Waals surface area contributed by atoms with Crippen LogP contribution in [0.25, 0.3) is 0 Å². The van der Waals surface area contributed by atoms with Crippen molar-refractivity contribution in [1.82, 2.24) is 5.32 Å². The molecule has 0 heterocycles. The van der Waals surface area contributed by atoms with Gasteiger partial charge < -0.3 is 15.8 Å². The zero-order chi connectivity index (χ0) is 17.0. The Morgan fingerprint density at radius 1 is 1.30 bits per heavy atom. The molecule has 0 aliphatic heterocycles. The van der Waals surface area contributed by atoms with E-state index >= 15 is 0 Å². The number of nitrogens with one attached hydrogen (secondary N) is 1. The molecule has 0 spiro atoms. The quantitative estimate of drug-likeness (QED) is 0.660. The van der Waals surface area contributed by atoms with E-state index in [9.17, 15) is 9.59 Å². The summed E-state index contributed by atoms with van der Waals surface area (Å²) in [5.41, 5.74) is 7.38. The van der Waals surface area contributed by atoms with Crippen molar-refractivity contribution in [2.24, 2.45) is 11.8 Å². The van der Waals surface area contributed by atoms with E-state index in [1.54, 1.807) is 12.1 Å². The summed E-state index contributed by atoms with van der Waals surface area (Å²) in [5.74, 6) is 0.224. The van der Waals surface area contributed by atoms with Crippen LogP contribution < -0.4 is 11.1 Å². The van der Waals surface area contributed by atoms with Crippen molar-refractivity contribution in [1.29, 1.82) is 0 Å². The number of ether oxygens (including phenoxy) is 1. The Bertz CT molecular complexity index is 586. The van der Waals surface area contributed by atoms with Crippen molar-refractivity contribution in [3.63, 3.8) is 0 Å². The van der Waals surface area contributed by atoms with Crippen molar-refractivity contribution in [2.45, 2.75) is 46.1 Å². The van der Waals surface area contributed by atoms with E-state index in [0.29, 0.717) is 23.1 Å². The normalized spacial score (nSPS) is 24.0. The maximum absolute atomic E-state index is 12.0. The lowest BCUT2D eigenvalue weighted by Crippen LogP contribution is -2.45. The van der Waals surface area contributed by atoms with Crippen LogP contribution in [0.3, 0.4) is 0 Å². The molecule has 0 bridgehead atoms. The fourth-order valence-corrected chi connectivity index (χ4v) is 3.10. The van der Waals surface area contributed by atoms with Crippen LogP contribution in [0.5, 0.6) is 0 Å². The van der Waals surface area contributed by atoms with E-state index in [1.165, 1.54) is 6.42 Å². The number of anilines is 1. The van der Waals surface area contributed by atoms with Gasteiger partial charge in [0.15, 0.2) is 6.61 Å². The largest absolute Gasteiger partial charge is 0.452 e. The Morgan fingerprint density at radius 3 is 2.78 bits per heavy atom. The fraction of sp³-hybridized carbons (Fsp3) is 0.556. The predicted octanol–water partition coefficient (Wildman–Crippen LogP) is 2.67. The third-order valence-corrected chi connectivity index (χ3v) is 4.93. The molecule has 3 atom stereocenters. The van der Waals surface area contributed by atoms with Crippen LogP contribution in [0.15, 0.2) is 18.2 Å². The smallest absolute Gasteiger partial charge is 0.340 e. The maximum Gasteiger partial charge on any atom is 0.340 e. The summed E-state index contributed by atoms with van der Waals surface area (Å²) in [6.45, 7) is 5.92. The summed E-state index contributed by atoms with van der Waals surface area (Å²) >= 11 is 0. The first-order chi connectivity index (χ1) is 10.9. The number of amides is 1. The summed E-state index contributed by atoms with van der Waals surface area (Å²) in [4.78, 5) is 24.1. The number of hydrogen-bond acceptors (Lipinski definition) is 4. The molecular weight excluding hydrogens is 292 g/mol. The minimum atomic E-state index is -0.564. The van der Waals surface area contributed by atoms with Gasteiger partial charge in [0.2, 0.25) is 0 Å². The molecular formula is C18H26N2O3. The summed E-state index contributed by atoms with van der Waals surface area (Å²) in [5, 5.41) is 2.98. The number of hydrogen-bond donors (Lipinski definition) is 2. The molecule has 1 aromatic rings. The van der Waals surface area contributed by atoms with Gasteiger partial charge >= 0.3 is 5.97 Å². The molecule has 0 radical (unpaired) electrons. The van der Waals surface area contributed by atoms with E-state index in [1.807, 2.05) is 13.0 Å². The summed E-state index contributed by atoms with van der Waals surface area (Å²) in [6, 6.07) is 5.33. The average Bonchev–Trinajstić information content (AvgIpc) is 2.52. The standard InChI is InChI=1S/C18H26N2O3/c1-11-6-5-9-15(13(11)3)20-16(21)10-23-18(22)14-8-4-7-12(2)17(14)19/h4,7-8,11,13,15H,5-6,9-10,19H2,1-3H3,(H,20,21)/t11-,13+,15+/m1/s1. The number of nitrogen functional groups attached to an aromatic ring is 1. The lowest BCUT2D eigenvalue weighted by molar-refractivity contribution is -0.125. The molecule has 1 saturated carbocycles. The molecule has 1 aliphatic carbocycles. The van der Waals surface area contributed by atoms with Gasteiger partial charge in [-0.15, -0.1) is 0 Å². The molecule has 5 heteroatoms. The first-order valence-corrected chi connectivity index (χ1v) is 8.21. The molecule has 1 fully saturated rings. The molecule has 1 aromatic carbocycles. The Morgan fingerprint density at radius 2 is 2.04 bits per heavy atom. The molecule has 5 nitrogen and oxygen atoms in total. The van der Waals surface area contributed by atoms with Crippen molar-refractivity contribution in [3.05, 3.63) is 29.3 Å². The van der Waals surface area contributed by atoms with Crippen LogP contribution in [0, 0.1) is 18.8 Å². The number of nitrogens with two attached hydrogens (primary N) is 1. The number of aryl methyl sites for hydroxylation is 1. The van der Waals surface area contributed by atoms with Crippen LogP contribution in [0.2, 0.25) is 0 Å². The highest BCUT2D eigenvalue weighted by atomic mass is 16.5. The van der Waals surface area contributed by atoms with E-state index in [4.69, 9.17) is 10.5 Å². The van der Waals surface area contributed by atoms with Gasteiger partial charge in [-0.1, -0.05) is 38.8 Å². The highest BCUT2D eigenvalue weighted by Crippen LogP contribution is 2.29. The van der Waals surface area contributed by atoms with Gasteiger partial charge in [0, 0.05) is 11.7 Å². The van der Waals surface area contributed by atoms with E-state index in [-0.39, 0.29) is 18.6 Å². The highest BCUT2D eigenvalue weighted by molar-refractivity contribution is 5.96. The summed E-state index contributed by atoms with van der Waals surface area (Å²) in [7, 11) is 0. The first-order valence-electron chi connectivity index (χ1n) is 8.21. The number of rotatable bonds is 4. The zero-order valence-corrected chi connectivity index (χ0v) is 14.1. The monoisotopic (exact) mass is 318 g/mol. The fourth-order valence-electron chi connectivity index (χ4n) is 3.10. The Labute approximate surface area is 137 Å². The Hall–Kier alpha value is -2.04. The molecule has 0 unspecified atom stereocenters. The van der Waals surface area contributed by atoms with Crippen molar-refractivity contribution in [3.8, 4) is 0 Å². The molecule has 126 valence electrons. The summed E-state index contributed by atoms with van der Waals surface area (Å²) < 4.78 is 5.10. The van der Waals surface area contributed by atoms with Gasteiger partial charge in [0.1, 0.15) is 0 Å². The van der Waals surface area contributed by atoms with Gasteiger partial charge in [-0.3, -0.25) is 4.79 Å². The van der Waals surface area contributed by atoms with Crippen LogP contribution in [-0.2, 0) is 9.53 Å². The van der Waals surface area contributed by atoms with E-state index < -0.39 is 5.97 Å². The number of carbonyl (C=O) groups is 2. The SMILES string of the molecule is Cc1cccc(C(=O)OCC(=O)N[C@H]2CCC[C@@H](C)[C@@H]2C)c1N. The molecule has 0 aromatic heterocycles. The van der Waals surface area contributed by atoms with Crippen molar-refractivity contribution < 1.29 is 14.3 Å². The second kappa shape index (κ2) is 7.49. The minimum Gasteiger partial charge on any atom is -0.452 e. The third-order valence-electron chi connectivity index (χ3n) is 4.93. The van der Waals surface area contributed by atoms with Gasteiger partial charge in [-0.05, 0) is 36.8 Å². The Kier molecular flexibility index (Phi) is 5.64. The number of carbonyl (C=O) groups excluding carboxylic acids is 2. The van der Waals surface area contributed by atoms with Crippen LogP contribution in [0.1, 0.15) is 49.0 Å². The number of para-hydroxylation sites is 1. The molecule has 3 N–H and O–H groups in total. The van der Waals surface area contributed by atoms with E-state index in [0.717, 1.165) is 18.4 Å². The van der Waals surface area contributed by atoms with Crippen LogP contribution in [0.4, 0.5) is 5.69 Å². The molecule has 1 aliphatic rings. The molecule has 23 heavy (non-hydrogen) atoms. The third kappa shape index (κ3) is 4.24. The van der Waals surface area contributed by atoms with Crippen LogP contribution in [-0.4, -0.2) is 24.5 Å². The van der Waals surface area contributed by atoms with Crippen molar-refractivity contribution >= 4 is 17.6 Å². The van der Waals surface area contributed by atoms with Gasteiger partial charge in [-0.2, -0.15) is 0 Å². The molecule has 1 amide bonds. The second-order valence-electron chi connectivity index (χ2n) is 6.55. The molecule has 0 saturated heterocycles. The van der Waals surface area contributed by atoms with Crippen LogP contribution >= 0.6 is 0 Å². The lowest BCUT2D eigenvalue weighted by Gasteiger charge is -2.34. The molecule has 2 rings (SSSR count). The van der Waals surface area contributed by atoms with Crippen molar-refractivity contribution in [2.75, 3.05) is 12.3 Å². The van der Waals surface area contributed by atoms with Gasteiger partial charge in [-0.25, -0.2) is 4.79 Å². The Balaban J connectivity index is 1.86. The first kappa shape index (κ1) is 17.3. The minimum absolute atomic E-state index is 0.161. The topological polar surface area (TPSA) is 81.4 Å². The predicted molar refractivity (Wildman–Crippen MR) is 90.0 cm³/mol. The second-order valence-corrected chi connectivity index (χ2v) is 6.55. The van der Waals surface area contributed by atoms with Gasteiger partial charge in [0.05, 0.1) is 5.56 Å². The summed E-state index contributed by atoms with van der Waals surface area (Å²) in [6.07, 6.45) is 3.31. The highest BCUT2D eigenvalue weighted by Gasteiger charge is 2.28. The number of esters is 1. The zero-order valence-electron chi connectivity index (χ0n) is 14.1. The lowest BCUT2D eigenvalue weighted by atomic mass is 9.78.